The first-order valence-electron chi connectivity index (χ1n) is 5.36. The Labute approximate surface area is 94.2 Å². The molecule has 6 heteroatoms. The lowest BCUT2D eigenvalue weighted by atomic mass is 10.5. The van der Waals surface area contributed by atoms with Crippen molar-refractivity contribution in [2.24, 2.45) is 5.73 Å². The van der Waals surface area contributed by atoms with Gasteiger partial charge in [0.25, 0.3) is 0 Å². The Morgan fingerprint density at radius 1 is 0.933 bits per heavy atom. The average molecular weight is 235 g/mol. The van der Waals surface area contributed by atoms with Crippen molar-refractivity contribution in [1.29, 1.82) is 0 Å². The van der Waals surface area contributed by atoms with Gasteiger partial charge in [-0.3, -0.25) is 0 Å². The van der Waals surface area contributed by atoms with Gasteiger partial charge in [-0.1, -0.05) is 0 Å². The molecule has 0 rings (SSSR count). The lowest BCUT2D eigenvalue weighted by Crippen LogP contribution is -2.46. The molecule has 5 nitrogen and oxygen atoms in total. The van der Waals surface area contributed by atoms with E-state index in [2.05, 4.69) is 0 Å². The van der Waals surface area contributed by atoms with Crippen LogP contribution in [0.25, 0.3) is 0 Å². The van der Waals surface area contributed by atoms with Crippen LogP contribution in [0, 0.1) is 0 Å². The average Bonchev–Trinajstić information content (AvgIpc) is 2.16. The summed E-state index contributed by atoms with van der Waals surface area (Å²) in [6, 6.07) is 0.818. The molecule has 0 aromatic rings. The van der Waals surface area contributed by atoms with Gasteiger partial charge in [0, 0.05) is 32.0 Å². The summed E-state index contributed by atoms with van der Waals surface area (Å²) in [7, 11) is -2.40. The maximum atomic E-state index is 5.65. The number of nitrogens with two attached hydrogens (primary N) is 1. The fraction of sp³-hybridized carbons (Fsp3) is 1.00. The standard InChI is InChI=1S/C9H23NO3Si.N/c1-4-11-14(12-5-2,13-6-3)9-7-8-10;/h4-10H2,1-3H3;. The van der Waals surface area contributed by atoms with Crippen LogP contribution in [0.15, 0.2) is 0 Å². The molecule has 0 aliphatic carbocycles. The number of nitrogens with zero attached hydrogens (tertiary/aromatic N) is 1. The van der Waals surface area contributed by atoms with Gasteiger partial charge in [-0.25, -0.2) is 0 Å². The summed E-state index contributed by atoms with van der Waals surface area (Å²) in [5.41, 5.74) is 5.48. The van der Waals surface area contributed by atoms with E-state index in [1.807, 2.05) is 20.8 Å². The number of hydrogen-bond acceptors (Lipinski definition) is 4. The van der Waals surface area contributed by atoms with Crippen molar-refractivity contribution >= 4 is 8.80 Å². The molecule has 0 saturated carbocycles. The Bertz CT molecular complexity index is 122. The first-order valence-corrected chi connectivity index (χ1v) is 7.29. The van der Waals surface area contributed by atoms with Gasteiger partial charge in [0.2, 0.25) is 0 Å². The van der Waals surface area contributed by atoms with E-state index in [-0.39, 0.29) is 6.15 Å². The second kappa shape index (κ2) is 10.5. The summed E-state index contributed by atoms with van der Waals surface area (Å²) in [5.74, 6) is 0. The Kier molecular flexibility index (Phi) is 12.2. The molecule has 0 amide bonds. The highest BCUT2D eigenvalue weighted by Gasteiger charge is 2.39. The van der Waals surface area contributed by atoms with E-state index in [1.165, 1.54) is 0 Å². The fourth-order valence-corrected chi connectivity index (χ4v) is 3.96. The summed E-state index contributed by atoms with van der Waals surface area (Å²) in [4.78, 5) is 0. The fourth-order valence-electron chi connectivity index (χ4n) is 1.32. The summed E-state index contributed by atoms with van der Waals surface area (Å²) >= 11 is 0. The molecular formula is C9H23N2O3Si. The first kappa shape index (κ1) is 17.4. The second-order valence-corrected chi connectivity index (χ2v) is 5.61. The second-order valence-electron chi connectivity index (χ2n) is 2.87. The molecule has 0 spiro atoms. The van der Waals surface area contributed by atoms with Crippen molar-refractivity contribution in [3.8, 4) is 0 Å². The SMILES string of the molecule is CCO[Si](CCCN)(OCC)OCC.[N]. The quantitative estimate of drug-likeness (QED) is 0.602. The maximum Gasteiger partial charge on any atom is 0.500 e. The smallest absolute Gasteiger partial charge is 0.374 e. The van der Waals surface area contributed by atoms with Crippen molar-refractivity contribution in [2.45, 2.75) is 33.2 Å². The predicted molar refractivity (Wildman–Crippen MR) is 61.2 cm³/mol. The molecular weight excluding hydrogens is 212 g/mol. The minimum absolute atomic E-state index is 0. The van der Waals surface area contributed by atoms with Crippen LogP contribution in [0.2, 0.25) is 6.04 Å². The molecule has 0 aliphatic rings. The molecule has 0 atom stereocenters. The number of hydrogen-bond donors (Lipinski definition) is 1. The lowest BCUT2D eigenvalue weighted by Gasteiger charge is -2.28. The molecule has 0 bridgehead atoms. The molecule has 3 radical (unpaired) electrons. The summed E-state index contributed by atoms with van der Waals surface area (Å²) in [6.45, 7) is 8.44. The minimum Gasteiger partial charge on any atom is -0.374 e. The van der Waals surface area contributed by atoms with Crippen molar-refractivity contribution in [1.82, 2.24) is 6.15 Å². The van der Waals surface area contributed by atoms with E-state index >= 15 is 0 Å². The van der Waals surface area contributed by atoms with Gasteiger partial charge in [-0.15, -0.1) is 0 Å². The summed E-state index contributed by atoms with van der Waals surface area (Å²) < 4.78 is 17.0. The van der Waals surface area contributed by atoms with E-state index in [1.54, 1.807) is 0 Å². The molecule has 0 aliphatic heterocycles. The zero-order chi connectivity index (χ0) is 10.9. The first-order chi connectivity index (χ1) is 6.74. The molecule has 0 heterocycles. The monoisotopic (exact) mass is 235 g/mol. The Morgan fingerprint density at radius 3 is 1.60 bits per heavy atom. The van der Waals surface area contributed by atoms with Gasteiger partial charge in [-0.05, 0) is 33.7 Å². The molecule has 0 aromatic heterocycles. The summed E-state index contributed by atoms with van der Waals surface area (Å²) in [6.07, 6.45) is 0.895. The topological polar surface area (TPSA) is 84.2 Å². The van der Waals surface area contributed by atoms with Gasteiger partial charge in [-0.2, -0.15) is 0 Å². The van der Waals surface area contributed by atoms with E-state index in [9.17, 15) is 0 Å². The van der Waals surface area contributed by atoms with Crippen LogP contribution in [0.5, 0.6) is 0 Å². The van der Waals surface area contributed by atoms with Crippen LogP contribution in [0.4, 0.5) is 0 Å². The van der Waals surface area contributed by atoms with E-state index < -0.39 is 8.80 Å². The van der Waals surface area contributed by atoms with Crippen LogP contribution in [-0.2, 0) is 13.3 Å². The van der Waals surface area contributed by atoms with Crippen LogP contribution in [0.1, 0.15) is 27.2 Å². The maximum absolute atomic E-state index is 5.65. The van der Waals surface area contributed by atoms with Gasteiger partial charge >= 0.3 is 8.80 Å². The van der Waals surface area contributed by atoms with Gasteiger partial charge in [0.1, 0.15) is 0 Å². The molecule has 0 aromatic carbocycles. The third kappa shape index (κ3) is 6.99. The molecule has 0 unspecified atom stereocenters. The molecule has 91 valence electrons. The van der Waals surface area contributed by atoms with Crippen molar-refractivity contribution in [3.05, 3.63) is 0 Å². The van der Waals surface area contributed by atoms with Gasteiger partial charge in [0.15, 0.2) is 0 Å². The molecule has 2 N–H and O–H groups in total. The van der Waals surface area contributed by atoms with Gasteiger partial charge < -0.3 is 19.0 Å². The zero-order valence-electron chi connectivity index (χ0n) is 9.99. The van der Waals surface area contributed by atoms with Gasteiger partial charge in [0.05, 0.1) is 0 Å². The third-order valence-corrected chi connectivity index (χ3v) is 4.93. The predicted octanol–water partition coefficient (Wildman–Crippen LogP) is 0.903. The summed E-state index contributed by atoms with van der Waals surface area (Å²) in [5, 5.41) is 0. The largest absolute Gasteiger partial charge is 0.500 e. The van der Waals surface area contributed by atoms with E-state index in [4.69, 9.17) is 19.0 Å². The van der Waals surface area contributed by atoms with Crippen molar-refractivity contribution in [2.75, 3.05) is 26.4 Å². The Morgan fingerprint density at radius 2 is 1.33 bits per heavy atom. The Hall–Kier alpha value is 0.0169. The Balaban J connectivity index is 0. The van der Waals surface area contributed by atoms with Crippen LogP contribution < -0.4 is 11.9 Å². The molecule has 0 saturated heterocycles. The lowest BCUT2D eigenvalue weighted by molar-refractivity contribution is 0.0710. The highest BCUT2D eigenvalue weighted by Crippen LogP contribution is 2.17. The third-order valence-electron chi connectivity index (χ3n) is 1.78. The number of rotatable bonds is 9. The van der Waals surface area contributed by atoms with Crippen LogP contribution in [0.3, 0.4) is 0 Å². The molecule has 15 heavy (non-hydrogen) atoms. The minimum atomic E-state index is -2.40. The van der Waals surface area contributed by atoms with E-state index in [0.717, 1.165) is 12.5 Å². The van der Waals surface area contributed by atoms with Crippen molar-refractivity contribution in [3.63, 3.8) is 0 Å². The highest BCUT2D eigenvalue weighted by molar-refractivity contribution is 6.60. The van der Waals surface area contributed by atoms with Crippen molar-refractivity contribution < 1.29 is 13.3 Å². The van der Waals surface area contributed by atoms with E-state index in [0.29, 0.717) is 26.4 Å². The van der Waals surface area contributed by atoms with Crippen LogP contribution >= 0.6 is 0 Å². The van der Waals surface area contributed by atoms with Crippen LogP contribution in [-0.4, -0.2) is 35.2 Å². The highest BCUT2D eigenvalue weighted by atomic mass is 28.4. The zero-order valence-corrected chi connectivity index (χ0v) is 11.0. The normalized spacial score (nSPS) is 11.2. The molecule has 0 fully saturated rings.